The zero-order valence-electron chi connectivity index (χ0n) is 20.5. The fraction of sp³-hybridized carbons (Fsp3) is 0.111. The van der Waals surface area contributed by atoms with Crippen LogP contribution in [0.5, 0.6) is 0 Å². The fourth-order valence-electron chi connectivity index (χ4n) is 3.91. The first-order chi connectivity index (χ1) is 18.1. The van der Waals surface area contributed by atoms with Crippen LogP contribution < -0.4 is 15.5 Å². The molecule has 4 aromatic rings. The van der Waals surface area contributed by atoms with Crippen LogP contribution in [0.2, 0.25) is 0 Å². The molecule has 0 unspecified atom stereocenters. The number of carboxylic acids is 1. The minimum absolute atomic E-state index is 0.0300. The third kappa shape index (κ3) is 4.91. The van der Waals surface area contributed by atoms with Crippen LogP contribution in [-0.2, 0) is 9.59 Å². The first-order valence-electron chi connectivity index (χ1n) is 11.2. The third-order valence-electron chi connectivity index (χ3n) is 5.79. The highest BCUT2D eigenvalue weighted by Gasteiger charge is 2.23. The lowest BCUT2D eigenvalue weighted by Crippen LogP contribution is -2.23. The zero-order valence-corrected chi connectivity index (χ0v) is 20.5. The minimum Gasteiger partial charge on any atom is -0.478 e. The van der Waals surface area contributed by atoms with E-state index < -0.39 is 11.9 Å². The van der Waals surface area contributed by atoms with E-state index in [1.165, 1.54) is 36.9 Å². The Labute approximate surface area is 216 Å². The zero-order chi connectivity index (χ0) is 27.6. The number of para-hydroxylation sites is 1. The maximum Gasteiger partial charge on any atom is 0.337 e. The van der Waals surface area contributed by atoms with Gasteiger partial charge in [0.2, 0.25) is 11.8 Å². The van der Waals surface area contributed by atoms with Gasteiger partial charge >= 0.3 is 5.97 Å². The van der Waals surface area contributed by atoms with E-state index in [-0.39, 0.29) is 45.3 Å². The van der Waals surface area contributed by atoms with Gasteiger partial charge in [0, 0.05) is 37.7 Å². The Morgan fingerprint density at radius 1 is 0.974 bits per heavy atom. The van der Waals surface area contributed by atoms with Crippen molar-refractivity contribution >= 4 is 51.7 Å². The Morgan fingerprint density at radius 3 is 2.37 bits per heavy atom. The lowest BCUT2D eigenvalue weighted by atomic mass is 9.98. The molecule has 0 bridgehead atoms. The third-order valence-corrected chi connectivity index (χ3v) is 5.79. The number of carboxylic acid groups (broad SMARTS) is 1. The van der Waals surface area contributed by atoms with Gasteiger partial charge in [-0.2, -0.15) is 5.26 Å². The highest BCUT2D eigenvalue weighted by Crippen LogP contribution is 2.39. The fourth-order valence-corrected chi connectivity index (χ4v) is 3.91. The molecule has 38 heavy (non-hydrogen) atoms. The van der Waals surface area contributed by atoms with Crippen molar-refractivity contribution < 1.29 is 28.8 Å². The van der Waals surface area contributed by atoms with Crippen LogP contribution >= 0.6 is 0 Å². The molecular formula is C27H21N5O6. The lowest BCUT2D eigenvalue weighted by Gasteiger charge is -2.20. The molecule has 0 fully saturated rings. The van der Waals surface area contributed by atoms with Gasteiger partial charge in [0.05, 0.1) is 34.0 Å². The number of aromatic nitrogens is 1. The molecule has 0 aliphatic heterocycles. The molecule has 4 rings (SSSR count). The molecule has 190 valence electrons. The number of carbonyl (C=O) groups is 4. The van der Waals surface area contributed by atoms with Crippen molar-refractivity contribution in [3.63, 3.8) is 0 Å². The van der Waals surface area contributed by atoms with Crippen molar-refractivity contribution in [3.8, 4) is 17.2 Å². The summed E-state index contributed by atoms with van der Waals surface area (Å²) in [5.74, 6) is -2.64. The Balaban J connectivity index is 1.82. The number of anilines is 3. The number of aromatic carboxylic acids is 1. The molecule has 0 aliphatic carbocycles. The molecule has 3 N–H and O–H groups in total. The van der Waals surface area contributed by atoms with Crippen molar-refractivity contribution in [3.05, 3.63) is 71.4 Å². The Hall–Kier alpha value is -5.50. The monoisotopic (exact) mass is 511 g/mol. The molecule has 1 aromatic heterocycles. The summed E-state index contributed by atoms with van der Waals surface area (Å²) in [6.07, 6.45) is 0. The van der Waals surface area contributed by atoms with Crippen LogP contribution in [0.15, 0.2) is 59.1 Å². The van der Waals surface area contributed by atoms with Crippen LogP contribution in [0.25, 0.3) is 22.1 Å². The summed E-state index contributed by atoms with van der Waals surface area (Å²) in [6, 6.07) is 15.9. The molecule has 11 heteroatoms. The van der Waals surface area contributed by atoms with Crippen LogP contribution in [0.1, 0.15) is 40.3 Å². The molecule has 1 heterocycles. The van der Waals surface area contributed by atoms with Crippen molar-refractivity contribution in [2.24, 2.45) is 0 Å². The smallest absolute Gasteiger partial charge is 0.337 e. The quantitative estimate of drug-likeness (QED) is 0.345. The number of hydrogen-bond donors (Lipinski definition) is 3. The van der Waals surface area contributed by atoms with E-state index in [9.17, 15) is 24.3 Å². The van der Waals surface area contributed by atoms with E-state index in [0.29, 0.717) is 22.5 Å². The highest BCUT2D eigenvalue weighted by molar-refractivity contribution is 6.14. The molecule has 0 atom stereocenters. The van der Waals surface area contributed by atoms with Gasteiger partial charge in [-0.1, -0.05) is 23.4 Å². The van der Waals surface area contributed by atoms with Crippen LogP contribution in [0.3, 0.4) is 0 Å². The summed E-state index contributed by atoms with van der Waals surface area (Å²) in [6.45, 7) is 2.76. The van der Waals surface area contributed by atoms with E-state index in [1.807, 2.05) is 6.07 Å². The van der Waals surface area contributed by atoms with Gasteiger partial charge in [-0.25, -0.2) is 4.79 Å². The van der Waals surface area contributed by atoms with Gasteiger partial charge in [-0.3, -0.25) is 14.4 Å². The second-order valence-corrected chi connectivity index (χ2v) is 8.33. The molecule has 0 saturated heterocycles. The highest BCUT2D eigenvalue weighted by atomic mass is 16.5. The number of nitriles is 1. The summed E-state index contributed by atoms with van der Waals surface area (Å²) in [5.41, 5.74) is 1.99. The van der Waals surface area contributed by atoms with Crippen LogP contribution in [-0.4, -0.2) is 41.0 Å². The van der Waals surface area contributed by atoms with E-state index in [1.54, 1.807) is 37.4 Å². The number of benzene rings is 3. The number of amides is 3. The van der Waals surface area contributed by atoms with Gasteiger partial charge in [0.1, 0.15) is 0 Å². The Kier molecular flexibility index (Phi) is 6.89. The van der Waals surface area contributed by atoms with E-state index in [4.69, 9.17) is 9.78 Å². The molecule has 11 nitrogen and oxygen atoms in total. The summed E-state index contributed by atoms with van der Waals surface area (Å²) in [5, 5.41) is 27.9. The van der Waals surface area contributed by atoms with Crippen molar-refractivity contribution in [1.82, 2.24) is 5.16 Å². The van der Waals surface area contributed by atoms with E-state index >= 15 is 0 Å². The van der Waals surface area contributed by atoms with Crippen LogP contribution in [0, 0.1) is 11.3 Å². The van der Waals surface area contributed by atoms with Crippen molar-refractivity contribution in [2.75, 3.05) is 22.6 Å². The molecule has 0 spiro atoms. The van der Waals surface area contributed by atoms with Gasteiger partial charge in [0.15, 0.2) is 11.3 Å². The van der Waals surface area contributed by atoms with Gasteiger partial charge in [-0.05, 0) is 36.4 Å². The SMILES string of the molecule is CC(=O)Nc1cc2c(C(=O)Nc3ccc(C#N)cc3C(=O)O)noc2cc1-c1ccccc1N(C)C(C)=O. The Morgan fingerprint density at radius 2 is 1.71 bits per heavy atom. The van der Waals surface area contributed by atoms with Crippen molar-refractivity contribution in [2.45, 2.75) is 13.8 Å². The number of nitrogens with zero attached hydrogens (tertiary/aromatic N) is 3. The van der Waals surface area contributed by atoms with Gasteiger partial charge in [0.25, 0.3) is 5.91 Å². The number of hydrogen-bond acceptors (Lipinski definition) is 7. The summed E-state index contributed by atoms with van der Waals surface area (Å²) >= 11 is 0. The maximum absolute atomic E-state index is 13.1. The van der Waals surface area contributed by atoms with Gasteiger partial charge < -0.3 is 25.2 Å². The topological polar surface area (TPSA) is 166 Å². The summed E-state index contributed by atoms with van der Waals surface area (Å²) in [4.78, 5) is 50.3. The molecule has 3 aromatic carbocycles. The maximum atomic E-state index is 13.1. The number of fused-ring (bicyclic) bond motifs is 1. The molecular weight excluding hydrogens is 490 g/mol. The number of carbonyl (C=O) groups excluding carboxylic acids is 3. The lowest BCUT2D eigenvalue weighted by molar-refractivity contribution is -0.116. The second-order valence-electron chi connectivity index (χ2n) is 8.33. The molecule has 0 aliphatic rings. The van der Waals surface area contributed by atoms with Gasteiger partial charge in [-0.15, -0.1) is 0 Å². The summed E-state index contributed by atoms with van der Waals surface area (Å²) in [7, 11) is 1.63. The standard InChI is InChI=1S/C27H21N5O6/c1-14(33)29-22-11-20-24(12-18(22)17-6-4-5-7-23(17)32(3)15(2)34)38-31-25(20)26(35)30-21-9-8-16(13-28)10-19(21)27(36)37/h4-12H,1-3H3,(H,29,33)(H,30,35)(H,36,37). The minimum atomic E-state index is -1.32. The van der Waals surface area contributed by atoms with Crippen molar-refractivity contribution in [1.29, 1.82) is 5.26 Å². The average Bonchev–Trinajstić information content (AvgIpc) is 3.30. The normalized spacial score (nSPS) is 10.5. The number of rotatable bonds is 6. The molecule has 0 radical (unpaired) electrons. The largest absolute Gasteiger partial charge is 0.478 e. The average molecular weight is 511 g/mol. The molecule has 0 saturated carbocycles. The Bertz CT molecular complexity index is 1670. The predicted octanol–water partition coefficient (Wildman–Crippen LogP) is 4.26. The second kappa shape index (κ2) is 10.2. The van der Waals surface area contributed by atoms with Crippen LogP contribution in [0.4, 0.5) is 17.1 Å². The van der Waals surface area contributed by atoms with E-state index in [0.717, 1.165) is 6.07 Å². The first-order valence-corrected chi connectivity index (χ1v) is 11.2. The number of nitrogens with one attached hydrogen (secondary N) is 2. The van der Waals surface area contributed by atoms with E-state index in [2.05, 4.69) is 15.8 Å². The molecule has 3 amide bonds. The first kappa shape index (κ1) is 25.6. The summed E-state index contributed by atoms with van der Waals surface area (Å²) < 4.78 is 5.43. The predicted molar refractivity (Wildman–Crippen MR) is 139 cm³/mol.